The fourth-order valence-corrected chi connectivity index (χ4v) is 3.07. The lowest BCUT2D eigenvalue weighted by Gasteiger charge is -2.11. The zero-order valence-corrected chi connectivity index (χ0v) is 12.4. The van der Waals surface area contributed by atoms with Crippen LogP contribution in [0.2, 0.25) is 0 Å². The molecule has 0 aliphatic rings. The first-order valence-corrected chi connectivity index (χ1v) is 7.22. The van der Waals surface area contributed by atoms with Crippen LogP contribution in [0.5, 0.6) is 5.75 Å². The minimum Gasteiger partial charge on any atom is -0.406 e. The normalized spacial score (nSPS) is 13.2. The Morgan fingerprint density at radius 2 is 1.80 bits per heavy atom. The molecule has 0 bridgehead atoms. The van der Waals surface area contributed by atoms with Crippen molar-refractivity contribution in [2.45, 2.75) is 18.9 Å². The molecular weight excluding hydrogens is 357 g/mol. The van der Waals surface area contributed by atoms with E-state index in [-0.39, 0.29) is 5.75 Å². The molecule has 2 nitrogen and oxygen atoms in total. The van der Waals surface area contributed by atoms with Crippen molar-refractivity contribution in [3.05, 3.63) is 50.6 Å². The van der Waals surface area contributed by atoms with E-state index in [1.165, 1.54) is 35.6 Å². The first-order chi connectivity index (χ1) is 9.33. The first-order valence-electron chi connectivity index (χ1n) is 5.61. The monoisotopic (exact) mass is 366 g/mol. The third-order valence-corrected chi connectivity index (χ3v) is 4.23. The second-order valence-corrected chi connectivity index (χ2v) is 6.55. The molecule has 1 aromatic carbocycles. The van der Waals surface area contributed by atoms with Crippen molar-refractivity contribution in [2.24, 2.45) is 0 Å². The summed E-state index contributed by atoms with van der Waals surface area (Å²) in [6, 6.07) is 9.13. The van der Waals surface area contributed by atoms with E-state index in [0.29, 0.717) is 6.42 Å². The molecule has 0 fully saturated rings. The number of rotatable bonds is 4. The van der Waals surface area contributed by atoms with Crippen molar-refractivity contribution in [2.75, 3.05) is 0 Å². The minimum atomic E-state index is -4.69. The summed E-state index contributed by atoms with van der Waals surface area (Å²) in [5.74, 6) is -0.269. The predicted octanol–water partition coefficient (Wildman–Crippen LogP) is 4.69. The largest absolute Gasteiger partial charge is 0.573 e. The lowest BCUT2D eigenvalue weighted by atomic mass is 10.1. The van der Waals surface area contributed by atoms with E-state index in [1.807, 2.05) is 6.07 Å². The lowest BCUT2D eigenvalue weighted by Crippen LogP contribution is -2.17. The quantitative estimate of drug-likeness (QED) is 0.850. The van der Waals surface area contributed by atoms with Gasteiger partial charge in [0, 0.05) is 11.3 Å². The van der Waals surface area contributed by atoms with Crippen molar-refractivity contribution in [1.82, 2.24) is 0 Å². The molecule has 1 unspecified atom stereocenters. The predicted molar refractivity (Wildman–Crippen MR) is 73.8 cm³/mol. The van der Waals surface area contributed by atoms with Crippen LogP contribution in [0.3, 0.4) is 0 Å². The van der Waals surface area contributed by atoms with E-state index < -0.39 is 12.5 Å². The molecule has 0 saturated heterocycles. The highest BCUT2D eigenvalue weighted by molar-refractivity contribution is 9.11. The molecule has 0 radical (unpaired) electrons. The van der Waals surface area contributed by atoms with Crippen LogP contribution in [0.1, 0.15) is 16.5 Å². The van der Waals surface area contributed by atoms with Gasteiger partial charge in [-0.25, -0.2) is 0 Å². The summed E-state index contributed by atoms with van der Waals surface area (Å²) in [7, 11) is 0. The molecule has 0 aliphatic carbocycles. The lowest BCUT2D eigenvalue weighted by molar-refractivity contribution is -0.274. The van der Waals surface area contributed by atoms with Gasteiger partial charge in [-0.3, -0.25) is 0 Å². The highest BCUT2D eigenvalue weighted by Gasteiger charge is 2.30. The SMILES string of the molecule is OC(Cc1ccc(OC(F)(F)F)cc1)c1ccc(Br)s1. The topological polar surface area (TPSA) is 29.5 Å². The van der Waals surface area contributed by atoms with E-state index in [0.717, 1.165) is 14.2 Å². The molecule has 2 rings (SSSR count). The number of hydrogen-bond donors (Lipinski definition) is 1. The average Bonchev–Trinajstić information content (AvgIpc) is 2.77. The summed E-state index contributed by atoms with van der Waals surface area (Å²) in [5.41, 5.74) is 0.733. The van der Waals surface area contributed by atoms with Crippen molar-refractivity contribution in [1.29, 1.82) is 0 Å². The Bertz CT molecular complexity index is 566. The van der Waals surface area contributed by atoms with Crippen LogP contribution < -0.4 is 4.74 Å². The molecule has 1 aromatic heterocycles. The fourth-order valence-electron chi connectivity index (χ4n) is 1.66. The van der Waals surface area contributed by atoms with Gasteiger partial charge in [0.25, 0.3) is 0 Å². The Morgan fingerprint density at radius 3 is 2.30 bits per heavy atom. The van der Waals surface area contributed by atoms with Gasteiger partial charge in [0.2, 0.25) is 0 Å². The van der Waals surface area contributed by atoms with Crippen molar-refractivity contribution >= 4 is 27.3 Å². The highest BCUT2D eigenvalue weighted by atomic mass is 79.9. The molecule has 2 aromatic rings. The van der Waals surface area contributed by atoms with E-state index in [1.54, 1.807) is 6.07 Å². The van der Waals surface area contributed by atoms with Gasteiger partial charge in [-0.2, -0.15) is 0 Å². The van der Waals surface area contributed by atoms with Gasteiger partial charge in [-0.1, -0.05) is 12.1 Å². The maximum atomic E-state index is 12.0. The second-order valence-electron chi connectivity index (χ2n) is 4.05. The number of halogens is 4. The van der Waals surface area contributed by atoms with Gasteiger partial charge in [-0.15, -0.1) is 24.5 Å². The van der Waals surface area contributed by atoms with Crippen molar-refractivity contribution < 1.29 is 23.0 Å². The summed E-state index contributed by atoms with van der Waals surface area (Å²) in [5, 5.41) is 10.0. The Labute approximate surface area is 125 Å². The third kappa shape index (κ3) is 4.50. The molecule has 0 aliphatic heterocycles. The first kappa shape index (κ1) is 15.3. The number of benzene rings is 1. The van der Waals surface area contributed by atoms with Crippen LogP contribution in [0.4, 0.5) is 13.2 Å². The van der Waals surface area contributed by atoms with Gasteiger partial charge < -0.3 is 9.84 Å². The van der Waals surface area contributed by atoms with E-state index in [4.69, 9.17) is 0 Å². The Balaban J connectivity index is 2.00. The Hall–Kier alpha value is -1.05. The molecule has 7 heteroatoms. The summed E-state index contributed by atoms with van der Waals surface area (Å²) >= 11 is 4.73. The van der Waals surface area contributed by atoms with Gasteiger partial charge in [0.05, 0.1) is 9.89 Å². The highest BCUT2D eigenvalue weighted by Crippen LogP contribution is 2.30. The van der Waals surface area contributed by atoms with Gasteiger partial charge in [0.15, 0.2) is 0 Å². The van der Waals surface area contributed by atoms with Gasteiger partial charge in [0.1, 0.15) is 5.75 Å². The van der Waals surface area contributed by atoms with Crippen LogP contribution in [0.15, 0.2) is 40.2 Å². The van der Waals surface area contributed by atoms with E-state index in [9.17, 15) is 18.3 Å². The van der Waals surface area contributed by atoms with Crippen molar-refractivity contribution in [3.63, 3.8) is 0 Å². The van der Waals surface area contributed by atoms with E-state index in [2.05, 4.69) is 20.7 Å². The molecular formula is C13H10BrF3O2S. The molecule has 1 atom stereocenters. The van der Waals surface area contributed by atoms with Crippen LogP contribution in [-0.4, -0.2) is 11.5 Å². The molecule has 1 heterocycles. The third-order valence-electron chi connectivity index (χ3n) is 2.51. The smallest absolute Gasteiger partial charge is 0.406 e. The summed E-state index contributed by atoms with van der Waals surface area (Å²) in [6.07, 6.45) is -5.04. The van der Waals surface area contributed by atoms with Crippen LogP contribution in [0.25, 0.3) is 0 Å². The number of aliphatic hydroxyl groups excluding tert-OH is 1. The van der Waals surface area contributed by atoms with Crippen LogP contribution in [0, 0.1) is 0 Å². The maximum Gasteiger partial charge on any atom is 0.573 e. The summed E-state index contributed by atoms with van der Waals surface area (Å²) in [4.78, 5) is 0.799. The zero-order chi connectivity index (χ0) is 14.8. The second kappa shape index (κ2) is 6.15. The molecule has 108 valence electrons. The average molecular weight is 367 g/mol. The molecule has 1 N–H and O–H groups in total. The molecule has 0 spiro atoms. The number of hydrogen-bond acceptors (Lipinski definition) is 3. The number of aliphatic hydroxyl groups is 1. The Kier molecular flexibility index (Phi) is 4.72. The molecule has 20 heavy (non-hydrogen) atoms. The maximum absolute atomic E-state index is 12.0. The van der Waals surface area contributed by atoms with Crippen molar-refractivity contribution in [3.8, 4) is 5.75 Å². The minimum absolute atomic E-state index is 0.269. The number of alkyl halides is 3. The van der Waals surface area contributed by atoms with Gasteiger partial charge in [-0.05, 0) is 45.8 Å². The summed E-state index contributed by atoms with van der Waals surface area (Å²) < 4.78 is 40.7. The Morgan fingerprint density at radius 1 is 1.15 bits per heavy atom. The molecule has 0 amide bonds. The standard InChI is InChI=1S/C13H10BrF3O2S/c14-12-6-5-11(20-12)10(18)7-8-1-3-9(4-2-8)19-13(15,16)17/h1-6,10,18H,7H2. The van der Waals surface area contributed by atoms with E-state index >= 15 is 0 Å². The number of thiophene rings is 1. The van der Waals surface area contributed by atoms with Crippen LogP contribution in [-0.2, 0) is 6.42 Å². The van der Waals surface area contributed by atoms with Gasteiger partial charge >= 0.3 is 6.36 Å². The van der Waals surface area contributed by atoms with Crippen LogP contribution >= 0.6 is 27.3 Å². The zero-order valence-electron chi connectivity index (χ0n) is 10.0. The molecule has 0 saturated carbocycles. The summed E-state index contributed by atoms with van der Waals surface area (Å²) in [6.45, 7) is 0. The number of ether oxygens (including phenoxy) is 1. The fraction of sp³-hybridized carbons (Fsp3) is 0.231.